The number of hydrogen-bond acceptors (Lipinski definition) is 7. The average molecular weight is 429 g/mol. The fourth-order valence-corrected chi connectivity index (χ4v) is 5.03. The fourth-order valence-electron chi connectivity index (χ4n) is 2.94. The molecular formula is C21H24N4O2S2. The largest absolute Gasteiger partial charge is 0.507 e. The molecule has 0 fully saturated rings. The van der Waals surface area contributed by atoms with E-state index in [1.54, 1.807) is 17.8 Å². The Bertz CT molecular complexity index is 944. The molecule has 0 aliphatic heterocycles. The molecule has 0 aliphatic rings. The van der Waals surface area contributed by atoms with Crippen LogP contribution in [0.3, 0.4) is 0 Å². The topological polar surface area (TPSA) is 91.8 Å². The number of H-pyrrole nitrogens is 1. The highest BCUT2D eigenvalue weighted by atomic mass is 32.2. The summed E-state index contributed by atoms with van der Waals surface area (Å²) < 4.78 is 0. The lowest BCUT2D eigenvalue weighted by Crippen LogP contribution is -1.98. The zero-order valence-corrected chi connectivity index (χ0v) is 18.1. The van der Waals surface area contributed by atoms with E-state index in [9.17, 15) is 9.90 Å². The highest BCUT2D eigenvalue weighted by Crippen LogP contribution is 2.34. The number of phenols is 1. The van der Waals surface area contributed by atoms with Crippen molar-refractivity contribution >= 4 is 29.3 Å². The third-order valence-corrected chi connectivity index (χ3v) is 6.68. The predicted molar refractivity (Wildman–Crippen MR) is 118 cm³/mol. The maximum Gasteiger partial charge on any atom is 0.204 e. The van der Waals surface area contributed by atoms with E-state index in [2.05, 4.69) is 39.7 Å². The van der Waals surface area contributed by atoms with Gasteiger partial charge in [0.2, 0.25) is 5.82 Å². The lowest BCUT2D eigenvalue weighted by Gasteiger charge is -2.13. The predicted octanol–water partition coefficient (Wildman–Crippen LogP) is 5.00. The third-order valence-electron chi connectivity index (χ3n) is 4.39. The number of benzene rings is 2. The Hall–Kier alpha value is -2.32. The van der Waals surface area contributed by atoms with Crippen LogP contribution >= 0.6 is 23.5 Å². The first-order valence-corrected chi connectivity index (χ1v) is 11.5. The highest BCUT2D eigenvalue weighted by Gasteiger charge is 2.15. The summed E-state index contributed by atoms with van der Waals surface area (Å²) in [5, 5.41) is 24.5. The molecule has 0 spiro atoms. The van der Waals surface area contributed by atoms with Gasteiger partial charge in [-0.1, -0.05) is 13.3 Å². The molecule has 0 unspecified atom stereocenters. The van der Waals surface area contributed by atoms with Crippen LogP contribution in [0.5, 0.6) is 5.75 Å². The van der Waals surface area contributed by atoms with Gasteiger partial charge in [-0.2, -0.15) is 5.21 Å². The van der Waals surface area contributed by atoms with Gasteiger partial charge in [-0.25, -0.2) is 0 Å². The maximum atomic E-state index is 11.7. The van der Waals surface area contributed by atoms with E-state index in [1.165, 1.54) is 11.8 Å². The molecule has 1 heterocycles. The van der Waals surface area contributed by atoms with E-state index in [0.717, 1.165) is 46.8 Å². The molecule has 2 N–H and O–H groups in total. The third kappa shape index (κ3) is 5.61. The molecule has 0 saturated carbocycles. The minimum Gasteiger partial charge on any atom is -0.507 e. The van der Waals surface area contributed by atoms with E-state index >= 15 is 0 Å². The molecule has 152 valence electrons. The van der Waals surface area contributed by atoms with E-state index in [4.69, 9.17) is 0 Å². The summed E-state index contributed by atoms with van der Waals surface area (Å²) in [6.07, 6.45) is 2.75. The van der Waals surface area contributed by atoms with Crippen molar-refractivity contribution in [3.63, 3.8) is 0 Å². The standard InChI is InChI=1S/C21H24N4O2S2/c1-3-5-18-19(11-10-17(14(2)26)20(18)27)29-13-4-12-28-16-8-6-15(7-9-16)21-22-24-25-23-21/h6-11,27H,3-5,12-13H2,1-2H3,(H,22,23,24,25). The number of ketones is 1. The Morgan fingerprint density at radius 2 is 1.86 bits per heavy atom. The quantitative estimate of drug-likeness (QED) is 0.267. The first-order chi connectivity index (χ1) is 14.1. The molecule has 0 amide bonds. The van der Waals surface area contributed by atoms with Gasteiger partial charge in [0.25, 0.3) is 0 Å². The molecule has 2 aromatic carbocycles. The van der Waals surface area contributed by atoms with Crippen molar-refractivity contribution in [2.75, 3.05) is 11.5 Å². The molecule has 3 rings (SSSR count). The molecule has 8 heteroatoms. The van der Waals surface area contributed by atoms with Gasteiger partial charge in [0, 0.05) is 20.9 Å². The van der Waals surface area contributed by atoms with Crippen molar-refractivity contribution in [3.05, 3.63) is 47.5 Å². The van der Waals surface area contributed by atoms with Gasteiger partial charge in [-0.3, -0.25) is 4.79 Å². The van der Waals surface area contributed by atoms with Gasteiger partial charge in [0.15, 0.2) is 5.78 Å². The molecule has 0 saturated heterocycles. The normalized spacial score (nSPS) is 11.0. The zero-order valence-electron chi connectivity index (χ0n) is 16.5. The number of carbonyl (C=O) groups is 1. The van der Waals surface area contributed by atoms with Crippen LogP contribution < -0.4 is 0 Å². The van der Waals surface area contributed by atoms with Crippen LogP contribution in [0.1, 0.15) is 42.6 Å². The summed E-state index contributed by atoms with van der Waals surface area (Å²) in [7, 11) is 0. The second-order valence-electron chi connectivity index (χ2n) is 6.55. The van der Waals surface area contributed by atoms with Crippen LogP contribution in [-0.2, 0) is 6.42 Å². The zero-order chi connectivity index (χ0) is 20.6. The lowest BCUT2D eigenvalue weighted by atomic mass is 10.0. The Kier molecular flexibility index (Phi) is 7.71. The lowest BCUT2D eigenvalue weighted by molar-refractivity contribution is 0.101. The summed E-state index contributed by atoms with van der Waals surface area (Å²) in [4.78, 5) is 14.0. The number of tetrazole rings is 1. The summed E-state index contributed by atoms with van der Waals surface area (Å²) in [5.74, 6) is 2.62. The molecule has 0 radical (unpaired) electrons. The summed E-state index contributed by atoms with van der Waals surface area (Å²) in [6.45, 7) is 3.57. The number of aromatic nitrogens is 4. The van der Waals surface area contributed by atoms with Gasteiger partial charge in [-0.15, -0.1) is 33.7 Å². The molecule has 29 heavy (non-hydrogen) atoms. The number of thioether (sulfide) groups is 2. The van der Waals surface area contributed by atoms with Crippen LogP contribution in [0.25, 0.3) is 11.4 Å². The van der Waals surface area contributed by atoms with Gasteiger partial charge >= 0.3 is 0 Å². The van der Waals surface area contributed by atoms with Gasteiger partial charge < -0.3 is 5.11 Å². The maximum absolute atomic E-state index is 11.7. The number of aromatic amines is 1. The number of Topliss-reactive ketones (excluding diaryl/α,β-unsaturated/α-hetero) is 1. The van der Waals surface area contributed by atoms with Crippen LogP contribution in [0.2, 0.25) is 0 Å². The van der Waals surface area contributed by atoms with Crippen molar-refractivity contribution in [1.29, 1.82) is 0 Å². The number of nitrogens with zero attached hydrogens (tertiary/aromatic N) is 3. The number of nitrogens with one attached hydrogen (secondary N) is 1. The SMILES string of the molecule is CCCc1c(SCCCSc2ccc(-c3nn[nH]n3)cc2)ccc(C(C)=O)c1O. The first kappa shape index (κ1) is 21.4. The second-order valence-corrected chi connectivity index (χ2v) is 8.86. The molecule has 6 nitrogen and oxygen atoms in total. The van der Waals surface area contributed by atoms with E-state index in [1.807, 2.05) is 30.0 Å². The first-order valence-electron chi connectivity index (χ1n) is 9.55. The van der Waals surface area contributed by atoms with E-state index in [-0.39, 0.29) is 11.5 Å². The van der Waals surface area contributed by atoms with Crippen molar-refractivity contribution in [2.45, 2.75) is 42.9 Å². The number of hydrogen-bond donors (Lipinski definition) is 2. The molecule has 1 aromatic heterocycles. The van der Waals surface area contributed by atoms with Crippen molar-refractivity contribution in [3.8, 4) is 17.1 Å². The average Bonchev–Trinajstić information content (AvgIpc) is 3.25. The van der Waals surface area contributed by atoms with Crippen molar-refractivity contribution < 1.29 is 9.90 Å². The monoisotopic (exact) mass is 428 g/mol. The number of phenolic OH excluding ortho intramolecular Hbond substituents is 1. The molecule has 3 aromatic rings. The smallest absolute Gasteiger partial charge is 0.204 e. The second kappa shape index (κ2) is 10.5. The number of rotatable bonds is 10. The Balaban J connectivity index is 1.50. The molecule has 0 aliphatic carbocycles. The van der Waals surface area contributed by atoms with E-state index < -0.39 is 0 Å². The highest BCUT2D eigenvalue weighted by molar-refractivity contribution is 8.00. The molecule has 0 bridgehead atoms. The summed E-state index contributed by atoms with van der Waals surface area (Å²) >= 11 is 3.56. The fraction of sp³-hybridized carbons (Fsp3) is 0.333. The molecule has 0 atom stereocenters. The van der Waals surface area contributed by atoms with Crippen LogP contribution in [0, 0.1) is 0 Å². The van der Waals surface area contributed by atoms with E-state index in [0.29, 0.717) is 11.4 Å². The van der Waals surface area contributed by atoms with Crippen molar-refractivity contribution in [2.24, 2.45) is 0 Å². The number of carbonyl (C=O) groups excluding carboxylic acids is 1. The van der Waals surface area contributed by atoms with Crippen LogP contribution in [0.15, 0.2) is 46.2 Å². The summed E-state index contributed by atoms with van der Waals surface area (Å²) in [5.41, 5.74) is 2.25. The number of aromatic hydroxyl groups is 1. The Morgan fingerprint density at radius 1 is 1.10 bits per heavy atom. The van der Waals surface area contributed by atoms with Gasteiger partial charge in [-0.05, 0) is 72.9 Å². The van der Waals surface area contributed by atoms with Gasteiger partial charge in [0.1, 0.15) is 5.75 Å². The Labute approximate surface area is 178 Å². The molecular weight excluding hydrogens is 404 g/mol. The van der Waals surface area contributed by atoms with Crippen LogP contribution in [-0.4, -0.2) is 43.0 Å². The minimum absolute atomic E-state index is 0.0989. The minimum atomic E-state index is -0.0989. The summed E-state index contributed by atoms with van der Waals surface area (Å²) in [6, 6.07) is 11.8. The van der Waals surface area contributed by atoms with Gasteiger partial charge in [0.05, 0.1) is 5.56 Å². The van der Waals surface area contributed by atoms with Crippen LogP contribution in [0.4, 0.5) is 0 Å². The van der Waals surface area contributed by atoms with Crippen molar-refractivity contribution in [1.82, 2.24) is 20.6 Å². The Morgan fingerprint density at radius 3 is 2.52 bits per heavy atom.